The Hall–Kier alpha value is -1.62. The van der Waals surface area contributed by atoms with Gasteiger partial charge in [-0.25, -0.2) is 4.39 Å². The van der Waals surface area contributed by atoms with Crippen LogP contribution in [0.1, 0.15) is 29.0 Å². The van der Waals surface area contributed by atoms with Gasteiger partial charge >= 0.3 is 0 Å². The maximum atomic E-state index is 13.6. The van der Waals surface area contributed by atoms with Crippen molar-refractivity contribution in [1.29, 1.82) is 0 Å². The fourth-order valence-electron chi connectivity index (χ4n) is 1.71. The Kier molecular flexibility index (Phi) is 5.09. The molecule has 1 unspecified atom stereocenters. The molecule has 0 spiro atoms. The molecular weight excluding hydrogens is 237 g/mol. The predicted molar refractivity (Wildman–Crippen MR) is 67.3 cm³/mol. The Morgan fingerprint density at radius 3 is 2.50 bits per heavy atom. The summed E-state index contributed by atoms with van der Waals surface area (Å²) in [5.74, 6) is 0.563. The van der Waals surface area contributed by atoms with E-state index in [-0.39, 0.29) is 12.3 Å². The Morgan fingerprint density at radius 1 is 1.39 bits per heavy atom. The van der Waals surface area contributed by atoms with Crippen LogP contribution < -0.4 is 14.8 Å². The number of hydrogen-bond acceptors (Lipinski definition) is 4. The summed E-state index contributed by atoms with van der Waals surface area (Å²) in [4.78, 5) is 11.8. The summed E-state index contributed by atoms with van der Waals surface area (Å²) in [6.07, 6.45) is -1.24. The number of halogens is 1. The minimum absolute atomic E-state index is 0.125. The second kappa shape index (κ2) is 6.35. The fraction of sp³-hybridized carbons (Fsp3) is 0.462. The average molecular weight is 255 g/mol. The van der Waals surface area contributed by atoms with Gasteiger partial charge in [0.15, 0.2) is 17.3 Å². The molecular formula is C13H18FNO3. The number of ether oxygens (including phenoxy) is 2. The molecule has 0 saturated carbocycles. The van der Waals surface area contributed by atoms with Gasteiger partial charge in [-0.1, -0.05) is 0 Å². The standard InChI is InChI=1S/C13H18FNO3/c1-8(14)10-5-9(11(16)7-15-2)6-12(17-3)13(10)18-4/h5-6,8,15H,7H2,1-4H3. The summed E-state index contributed by atoms with van der Waals surface area (Å²) in [5, 5.41) is 2.77. The largest absolute Gasteiger partial charge is 0.493 e. The van der Waals surface area contributed by atoms with E-state index < -0.39 is 6.17 Å². The average Bonchev–Trinajstić information content (AvgIpc) is 2.37. The minimum Gasteiger partial charge on any atom is -0.493 e. The van der Waals surface area contributed by atoms with Gasteiger partial charge in [-0.15, -0.1) is 0 Å². The van der Waals surface area contributed by atoms with Crippen molar-refractivity contribution in [1.82, 2.24) is 5.32 Å². The number of benzene rings is 1. The van der Waals surface area contributed by atoms with Gasteiger partial charge in [-0.05, 0) is 26.1 Å². The lowest BCUT2D eigenvalue weighted by Crippen LogP contribution is -2.19. The van der Waals surface area contributed by atoms with Crippen molar-refractivity contribution in [2.75, 3.05) is 27.8 Å². The van der Waals surface area contributed by atoms with Crippen molar-refractivity contribution < 1.29 is 18.7 Å². The van der Waals surface area contributed by atoms with E-state index in [2.05, 4.69) is 5.32 Å². The second-order valence-corrected chi connectivity index (χ2v) is 3.87. The zero-order valence-electron chi connectivity index (χ0n) is 11.0. The summed E-state index contributed by atoms with van der Waals surface area (Å²) >= 11 is 0. The topological polar surface area (TPSA) is 47.6 Å². The lowest BCUT2D eigenvalue weighted by molar-refractivity contribution is 0.0993. The van der Waals surface area contributed by atoms with Crippen molar-refractivity contribution >= 4 is 5.78 Å². The van der Waals surface area contributed by atoms with E-state index >= 15 is 0 Å². The third kappa shape index (κ3) is 2.98. The van der Waals surface area contributed by atoms with Crippen molar-refractivity contribution in [3.8, 4) is 11.5 Å². The lowest BCUT2D eigenvalue weighted by atomic mass is 10.0. The molecule has 0 aliphatic carbocycles. The summed E-state index contributed by atoms with van der Waals surface area (Å²) < 4.78 is 23.8. The zero-order valence-corrected chi connectivity index (χ0v) is 11.0. The number of rotatable bonds is 6. The first-order valence-electron chi connectivity index (χ1n) is 5.62. The molecule has 0 heterocycles. The normalized spacial score (nSPS) is 12.1. The van der Waals surface area contributed by atoms with Gasteiger partial charge < -0.3 is 14.8 Å². The first kappa shape index (κ1) is 14.4. The monoisotopic (exact) mass is 255 g/mol. The number of Topliss-reactive ketones (excluding diaryl/α,β-unsaturated/α-hetero) is 1. The SMILES string of the molecule is CNCC(=O)c1cc(OC)c(OC)c(C(C)F)c1. The minimum atomic E-state index is -1.24. The molecule has 1 atom stereocenters. The second-order valence-electron chi connectivity index (χ2n) is 3.87. The molecule has 4 nitrogen and oxygen atoms in total. The maximum absolute atomic E-state index is 13.6. The number of hydrogen-bond donors (Lipinski definition) is 1. The van der Waals surface area contributed by atoms with Crippen molar-refractivity contribution in [2.45, 2.75) is 13.1 Å². The molecule has 0 radical (unpaired) electrons. The first-order valence-corrected chi connectivity index (χ1v) is 5.62. The maximum Gasteiger partial charge on any atom is 0.176 e. The van der Waals surface area contributed by atoms with Gasteiger partial charge in [0.2, 0.25) is 0 Å². The Bertz CT molecular complexity index is 432. The molecule has 0 amide bonds. The molecule has 100 valence electrons. The molecule has 0 aromatic heterocycles. The molecule has 1 N–H and O–H groups in total. The number of carbonyl (C=O) groups excluding carboxylic acids is 1. The highest BCUT2D eigenvalue weighted by molar-refractivity contribution is 5.98. The molecule has 1 aromatic rings. The highest BCUT2D eigenvalue weighted by atomic mass is 19.1. The van der Waals surface area contributed by atoms with Crippen LogP contribution in [0.4, 0.5) is 4.39 Å². The van der Waals surface area contributed by atoms with Crippen LogP contribution in [-0.2, 0) is 0 Å². The van der Waals surface area contributed by atoms with Gasteiger partial charge in [0, 0.05) is 11.1 Å². The smallest absolute Gasteiger partial charge is 0.176 e. The number of methoxy groups -OCH3 is 2. The van der Waals surface area contributed by atoms with Crippen LogP contribution in [0.5, 0.6) is 11.5 Å². The van der Waals surface area contributed by atoms with Crippen LogP contribution in [0.25, 0.3) is 0 Å². The molecule has 1 aromatic carbocycles. The number of carbonyl (C=O) groups is 1. The molecule has 0 fully saturated rings. The van der Waals surface area contributed by atoms with E-state index in [4.69, 9.17) is 9.47 Å². The van der Waals surface area contributed by atoms with Crippen LogP contribution in [-0.4, -0.2) is 33.6 Å². The lowest BCUT2D eigenvalue weighted by Gasteiger charge is -2.15. The molecule has 0 bridgehead atoms. The predicted octanol–water partition coefficient (Wildman–Crippen LogP) is 2.14. The van der Waals surface area contributed by atoms with Crippen molar-refractivity contribution in [3.05, 3.63) is 23.3 Å². The van der Waals surface area contributed by atoms with E-state index in [1.54, 1.807) is 13.1 Å². The van der Waals surface area contributed by atoms with Gasteiger partial charge in [0.1, 0.15) is 6.17 Å². The van der Waals surface area contributed by atoms with Gasteiger partial charge in [-0.2, -0.15) is 0 Å². The molecule has 5 heteroatoms. The van der Waals surface area contributed by atoms with Crippen LogP contribution in [0.2, 0.25) is 0 Å². The van der Waals surface area contributed by atoms with Crippen LogP contribution >= 0.6 is 0 Å². The van der Waals surface area contributed by atoms with E-state index in [0.717, 1.165) is 0 Å². The van der Waals surface area contributed by atoms with Crippen LogP contribution in [0.3, 0.4) is 0 Å². The Balaban J connectivity index is 3.31. The number of alkyl halides is 1. The number of likely N-dealkylation sites (N-methyl/N-ethyl adjacent to an activating group) is 1. The van der Waals surface area contributed by atoms with Crippen LogP contribution in [0.15, 0.2) is 12.1 Å². The number of ketones is 1. The van der Waals surface area contributed by atoms with Crippen molar-refractivity contribution in [2.24, 2.45) is 0 Å². The molecule has 1 rings (SSSR count). The Morgan fingerprint density at radius 2 is 2.06 bits per heavy atom. The van der Waals surface area contributed by atoms with E-state index in [1.165, 1.54) is 27.2 Å². The molecule has 0 saturated heterocycles. The fourth-order valence-corrected chi connectivity index (χ4v) is 1.71. The van der Waals surface area contributed by atoms with E-state index in [9.17, 15) is 9.18 Å². The Labute approximate surface area is 106 Å². The summed E-state index contributed by atoms with van der Waals surface area (Å²) in [7, 11) is 4.58. The van der Waals surface area contributed by atoms with Crippen LogP contribution in [0, 0.1) is 0 Å². The highest BCUT2D eigenvalue weighted by Gasteiger charge is 2.19. The summed E-state index contributed by atoms with van der Waals surface area (Å²) in [6.45, 7) is 1.58. The summed E-state index contributed by atoms with van der Waals surface area (Å²) in [6, 6.07) is 3.07. The zero-order chi connectivity index (χ0) is 13.7. The molecule has 18 heavy (non-hydrogen) atoms. The van der Waals surface area contributed by atoms with Crippen molar-refractivity contribution in [3.63, 3.8) is 0 Å². The van der Waals surface area contributed by atoms with Gasteiger partial charge in [0.05, 0.1) is 20.8 Å². The highest BCUT2D eigenvalue weighted by Crippen LogP contribution is 2.37. The van der Waals surface area contributed by atoms with E-state index in [0.29, 0.717) is 22.6 Å². The quantitative estimate of drug-likeness (QED) is 0.791. The third-order valence-corrected chi connectivity index (χ3v) is 2.60. The molecule has 0 aliphatic rings. The summed E-state index contributed by atoms with van der Waals surface area (Å²) in [5.41, 5.74) is 0.720. The number of nitrogens with one attached hydrogen (secondary N) is 1. The van der Waals surface area contributed by atoms with Gasteiger partial charge in [0.25, 0.3) is 0 Å². The van der Waals surface area contributed by atoms with E-state index in [1.807, 2.05) is 0 Å². The van der Waals surface area contributed by atoms with Gasteiger partial charge in [-0.3, -0.25) is 4.79 Å². The third-order valence-electron chi connectivity index (χ3n) is 2.60. The first-order chi connectivity index (χ1) is 8.54. The molecule has 0 aliphatic heterocycles.